The summed E-state index contributed by atoms with van der Waals surface area (Å²) in [6.07, 6.45) is 0. The van der Waals surface area contributed by atoms with Crippen molar-refractivity contribution in [2.45, 2.75) is 51.4 Å². The Hall–Kier alpha value is -0.670. The maximum atomic E-state index is 3.61. The largest absolute Gasteiger partial charge is 0.369 e. The van der Waals surface area contributed by atoms with Crippen LogP contribution in [-0.2, 0) is 6.54 Å². The molecule has 1 heterocycles. The highest BCUT2D eigenvalue weighted by Gasteiger charge is 2.28. The second kappa shape index (κ2) is 5.98. The normalized spacial score (nSPS) is 19.1. The zero-order chi connectivity index (χ0) is 14.8. The average Bonchev–Trinajstić information content (AvgIpc) is 2.34. The van der Waals surface area contributed by atoms with Crippen LogP contribution in [0.3, 0.4) is 0 Å². The van der Waals surface area contributed by atoms with E-state index in [1.165, 1.54) is 17.0 Å². The molecule has 0 saturated carbocycles. The lowest BCUT2D eigenvalue weighted by Gasteiger charge is -2.40. The number of para-hydroxylation sites is 1. The fraction of sp³-hybridized carbons (Fsp3) is 0.647. The third kappa shape index (κ3) is 4.42. The number of nitrogens with zero attached hydrogens (tertiary/aromatic N) is 1. The Bertz CT molecular complexity index is 449. The Kier molecular flexibility index (Phi) is 4.70. The van der Waals surface area contributed by atoms with Gasteiger partial charge in [0.05, 0.1) is 0 Å². The topological polar surface area (TPSA) is 15.3 Å². The van der Waals surface area contributed by atoms with Gasteiger partial charge in [0.25, 0.3) is 0 Å². The van der Waals surface area contributed by atoms with Gasteiger partial charge in [0.1, 0.15) is 0 Å². The average molecular weight is 292 g/mol. The third-order valence-corrected chi connectivity index (χ3v) is 4.86. The summed E-state index contributed by atoms with van der Waals surface area (Å²) < 4.78 is 0.350. The van der Waals surface area contributed by atoms with Gasteiger partial charge in [0.2, 0.25) is 0 Å². The van der Waals surface area contributed by atoms with Gasteiger partial charge < -0.3 is 10.2 Å². The molecule has 1 fully saturated rings. The quantitative estimate of drug-likeness (QED) is 0.909. The molecule has 0 spiro atoms. The van der Waals surface area contributed by atoms with Crippen LogP contribution in [0.4, 0.5) is 5.69 Å². The predicted octanol–water partition coefficient (Wildman–Crippen LogP) is 3.91. The summed E-state index contributed by atoms with van der Waals surface area (Å²) in [6.45, 7) is 14.6. The van der Waals surface area contributed by atoms with E-state index in [-0.39, 0.29) is 5.54 Å². The van der Waals surface area contributed by atoms with Crippen molar-refractivity contribution in [1.82, 2.24) is 5.32 Å². The molecule has 0 unspecified atom stereocenters. The van der Waals surface area contributed by atoms with Crippen molar-refractivity contribution in [3.8, 4) is 0 Å². The van der Waals surface area contributed by atoms with E-state index in [0.717, 1.165) is 19.6 Å². The second-order valence-corrected chi connectivity index (χ2v) is 9.06. The Morgan fingerprint density at radius 2 is 1.95 bits per heavy atom. The third-order valence-electron chi connectivity index (χ3n) is 3.57. The Labute approximate surface area is 128 Å². The minimum absolute atomic E-state index is 0.157. The molecule has 1 aliphatic rings. The summed E-state index contributed by atoms with van der Waals surface area (Å²) >= 11 is 2.08. The molecule has 0 radical (unpaired) electrons. The minimum Gasteiger partial charge on any atom is -0.369 e. The number of benzene rings is 1. The molecule has 0 amide bonds. The molecule has 0 bridgehead atoms. The number of anilines is 1. The fourth-order valence-electron chi connectivity index (χ4n) is 2.55. The smallest absolute Gasteiger partial charge is 0.0412 e. The predicted molar refractivity (Wildman–Crippen MR) is 91.8 cm³/mol. The van der Waals surface area contributed by atoms with E-state index in [4.69, 9.17) is 0 Å². The lowest BCUT2D eigenvalue weighted by atomic mass is 10.1. The van der Waals surface area contributed by atoms with Gasteiger partial charge >= 0.3 is 0 Å². The first-order valence-corrected chi connectivity index (χ1v) is 8.47. The van der Waals surface area contributed by atoms with Crippen LogP contribution in [0.2, 0.25) is 0 Å². The van der Waals surface area contributed by atoms with Crippen molar-refractivity contribution in [1.29, 1.82) is 0 Å². The highest BCUT2D eigenvalue weighted by atomic mass is 32.2. The van der Waals surface area contributed by atoms with Crippen molar-refractivity contribution in [3.05, 3.63) is 29.8 Å². The Morgan fingerprint density at radius 3 is 2.60 bits per heavy atom. The maximum absolute atomic E-state index is 3.61. The summed E-state index contributed by atoms with van der Waals surface area (Å²) in [5.74, 6) is 1.22. The number of nitrogens with one attached hydrogen (secondary N) is 1. The van der Waals surface area contributed by atoms with E-state index in [1.54, 1.807) is 0 Å². The van der Waals surface area contributed by atoms with Crippen molar-refractivity contribution >= 4 is 17.4 Å². The minimum atomic E-state index is 0.157. The van der Waals surface area contributed by atoms with Gasteiger partial charge in [-0.15, -0.1) is 0 Å². The molecular weight excluding hydrogens is 264 g/mol. The van der Waals surface area contributed by atoms with Crippen molar-refractivity contribution in [2.75, 3.05) is 23.7 Å². The van der Waals surface area contributed by atoms with Crippen LogP contribution in [0.1, 0.15) is 40.2 Å². The van der Waals surface area contributed by atoms with Crippen molar-refractivity contribution < 1.29 is 0 Å². The van der Waals surface area contributed by atoms with Crippen LogP contribution in [0.15, 0.2) is 24.3 Å². The van der Waals surface area contributed by atoms with Crippen LogP contribution in [0.25, 0.3) is 0 Å². The fourth-order valence-corrected chi connectivity index (χ4v) is 3.66. The molecule has 1 aliphatic heterocycles. The van der Waals surface area contributed by atoms with E-state index in [1.807, 2.05) is 0 Å². The Balaban J connectivity index is 2.15. The van der Waals surface area contributed by atoms with E-state index >= 15 is 0 Å². The van der Waals surface area contributed by atoms with Crippen LogP contribution in [0, 0.1) is 0 Å². The number of thioether (sulfide) groups is 1. The number of hydrogen-bond acceptors (Lipinski definition) is 3. The molecule has 1 N–H and O–H groups in total. The lowest BCUT2D eigenvalue weighted by Crippen LogP contribution is -2.44. The second-order valence-electron chi connectivity index (χ2n) is 7.26. The molecule has 0 aromatic heterocycles. The van der Waals surface area contributed by atoms with Gasteiger partial charge in [-0.2, -0.15) is 11.8 Å². The molecule has 112 valence electrons. The van der Waals surface area contributed by atoms with E-state index in [9.17, 15) is 0 Å². The van der Waals surface area contributed by atoms with E-state index in [0.29, 0.717) is 4.75 Å². The molecule has 0 aliphatic carbocycles. The number of hydrogen-bond donors (Lipinski definition) is 1. The zero-order valence-electron chi connectivity index (χ0n) is 13.5. The summed E-state index contributed by atoms with van der Waals surface area (Å²) in [5, 5.41) is 3.61. The summed E-state index contributed by atoms with van der Waals surface area (Å²) in [7, 11) is 0. The Morgan fingerprint density at radius 1 is 1.25 bits per heavy atom. The van der Waals surface area contributed by atoms with Crippen LogP contribution >= 0.6 is 11.8 Å². The molecular formula is C17H28N2S. The van der Waals surface area contributed by atoms with Crippen LogP contribution in [-0.4, -0.2) is 29.1 Å². The first-order chi connectivity index (χ1) is 9.27. The van der Waals surface area contributed by atoms with Crippen molar-refractivity contribution in [3.63, 3.8) is 0 Å². The molecule has 20 heavy (non-hydrogen) atoms. The van der Waals surface area contributed by atoms with Gasteiger partial charge in [-0.1, -0.05) is 18.2 Å². The van der Waals surface area contributed by atoms with Crippen LogP contribution in [0.5, 0.6) is 0 Å². The lowest BCUT2D eigenvalue weighted by molar-refractivity contribution is 0.424. The first-order valence-electron chi connectivity index (χ1n) is 7.49. The molecule has 2 nitrogen and oxygen atoms in total. The SMILES string of the molecule is CC(C)(C)NCc1ccccc1N1CCSC(C)(C)C1. The first kappa shape index (κ1) is 15.7. The van der Waals surface area contributed by atoms with E-state index in [2.05, 4.69) is 80.9 Å². The highest BCUT2D eigenvalue weighted by Crippen LogP contribution is 2.33. The van der Waals surface area contributed by atoms with Gasteiger partial charge in [-0.3, -0.25) is 0 Å². The van der Waals surface area contributed by atoms with Crippen LogP contribution < -0.4 is 10.2 Å². The van der Waals surface area contributed by atoms with E-state index < -0.39 is 0 Å². The number of rotatable bonds is 3. The van der Waals surface area contributed by atoms with Gasteiger partial charge in [0, 0.05) is 41.4 Å². The molecule has 1 saturated heterocycles. The summed E-state index contributed by atoms with van der Waals surface area (Å²) in [4.78, 5) is 2.55. The summed E-state index contributed by atoms with van der Waals surface area (Å²) in [5.41, 5.74) is 2.96. The monoisotopic (exact) mass is 292 g/mol. The van der Waals surface area contributed by atoms with Gasteiger partial charge in [0.15, 0.2) is 0 Å². The molecule has 0 atom stereocenters. The molecule has 1 aromatic carbocycles. The van der Waals surface area contributed by atoms with Gasteiger partial charge in [-0.05, 0) is 46.2 Å². The molecule has 1 aromatic rings. The van der Waals surface area contributed by atoms with Crippen molar-refractivity contribution in [2.24, 2.45) is 0 Å². The molecule has 3 heteroatoms. The zero-order valence-corrected chi connectivity index (χ0v) is 14.3. The molecule has 2 rings (SSSR count). The summed E-state index contributed by atoms with van der Waals surface area (Å²) in [6, 6.07) is 8.83. The highest BCUT2D eigenvalue weighted by molar-refractivity contribution is 8.00. The van der Waals surface area contributed by atoms with Gasteiger partial charge in [-0.25, -0.2) is 0 Å². The standard InChI is InChI=1S/C17H28N2S/c1-16(2,3)18-12-14-8-6-7-9-15(14)19-10-11-20-17(4,5)13-19/h6-9,18H,10-13H2,1-5H3. The maximum Gasteiger partial charge on any atom is 0.0412 e.